The quantitative estimate of drug-likeness (QED) is 0.606. The van der Waals surface area contributed by atoms with Crippen LogP contribution in [-0.2, 0) is 20.5 Å². The number of ether oxygens (including phenoxy) is 1. The number of β-amino-alcohol motifs (C(OH)–C–C–N with tert-alkyl or cyclic N) is 1. The van der Waals surface area contributed by atoms with Crippen molar-refractivity contribution in [2.24, 2.45) is 0 Å². The van der Waals surface area contributed by atoms with Gasteiger partial charge in [0.25, 0.3) is 11.8 Å². The van der Waals surface area contributed by atoms with Crippen LogP contribution in [-0.4, -0.2) is 48.1 Å². The number of methoxy groups -OCH3 is 1. The summed E-state index contributed by atoms with van der Waals surface area (Å²) < 4.78 is 43.7. The van der Waals surface area contributed by atoms with Gasteiger partial charge in [-0.2, -0.15) is 13.2 Å². The summed E-state index contributed by atoms with van der Waals surface area (Å²) in [6, 6.07) is 2.69. The second-order valence-corrected chi connectivity index (χ2v) is 4.95. The lowest BCUT2D eigenvalue weighted by Gasteiger charge is -2.15. The first-order valence-electron chi connectivity index (χ1n) is 6.94. The first kappa shape index (κ1) is 18.5. The van der Waals surface area contributed by atoms with Gasteiger partial charge < -0.3 is 15.2 Å². The van der Waals surface area contributed by atoms with Crippen LogP contribution in [0.3, 0.4) is 0 Å². The van der Waals surface area contributed by atoms with Gasteiger partial charge in [0.15, 0.2) is 0 Å². The van der Waals surface area contributed by atoms with Crippen LogP contribution in [0.15, 0.2) is 30.0 Å². The summed E-state index contributed by atoms with van der Waals surface area (Å²) >= 11 is 0. The van der Waals surface area contributed by atoms with Crippen LogP contribution >= 0.6 is 0 Å². The number of carbonyl (C=O) groups is 3. The molecular formula is C15H13F3N2O5. The number of aliphatic hydroxyl groups excluding tert-OH is 1. The number of esters is 1. The van der Waals surface area contributed by atoms with Crippen LogP contribution in [0, 0.1) is 0 Å². The summed E-state index contributed by atoms with van der Waals surface area (Å²) in [5.41, 5.74) is -2.30. The van der Waals surface area contributed by atoms with Gasteiger partial charge in [-0.05, 0) is 18.2 Å². The van der Waals surface area contributed by atoms with Gasteiger partial charge in [0.05, 0.1) is 31.4 Å². The number of halogens is 3. The molecule has 0 bridgehead atoms. The van der Waals surface area contributed by atoms with E-state index in [4.69, 9.17) is 5.11 Å². The maximum atomic E-state index is 13.1. The molecule has 0 saturated heterocycles. The average molecular weight is 358 g/mol. The molecule has 25 heavy (non-hydrogen) atoms. The number of alkyl halides is 3. The highest BCUT2D eigenvalue weighted by molar-refractivity contribution is 6.17. The molecule has 10 heteroatoms. The summed E-state index contributed by atoms with van der Waals surface area (Å²) in [6.07, 6.45) is -3.91. The van der Waals surface area contributed by atoms with Gasteiger partial charge >= 0.3 is 12.1 Å². The minimum absolute atomic E-state index is 0.141. The fourth-order valence-corrected chi connectivity index (χ4v) is 2.21. The Morgan fingerprint density at radius 3 is 2.56 bits per heavy atom. The predicted molar refractivity (Wildman–Crippen MR) is 78.3 cm³/mol. The number of rotatable bonds is 5. The number of aliphatic hydroxyl groups is 1. The zero-order valence-corrected chi connectivity index (χ0v) is 12.9. The highest BCUT2D eigenvalue weighted by atomic mass is 19.4. The summed E-state index contributed by atoms with van der Waals surface area (Å²) in [5, 5.41) is 11.2. The van der Waals surface area contributed by atoms with Crippen molar-refractivity contribution in [3.8, 4) is 0 Å². The number of imide groups is 1. The monoisotopic (exact) mass is 358 g/mol. The van der Waals surface area contributed by atoms with Crippen molar-refractivity contribution in [1.82, 2.24) is 4.90 Å². The molecule has 7 nitrogen and oxygen atoms in total. The van der Waals surface area contributed by atoms with Gasteiger partial charge in [-0.3, -0.25) is 14.5 Å². The molecule has 2 rings (SSSR count). The van der Waals surface area contributed by atoms with Crippen LogP contribution in [0.2, 0.25) is 0 Å². The number of hydrogen-bond donors (Lipinski definition) is 2. The second kappa shape index (κ2) is 6.93. The topological polar surface area (TPSA) is 95.9 Å². The van der Waals surface area contributed by atoms with E-state index in [2.05, 4.69) is 10.1 Å². The zero-order valence-electron chi connectivity index (χ0n) is 12.9. The van der Waals surface area contributed by atoms with Crippen molar-refractivity contribution in [3.63, 3.8) is 0 Å². The number of anilines is 1. The molecule has 1 aliphatic rings. The Hall–Kier alpha value is -2.88. The Kier molecular flexibility index (Phi) is 5.12. The van der Waals surface area contributed by atoms with E-state index in [0.717, 1.165) is 30.2 Å². The largest absolute Gasteiger partial charge is 0.465 e. The number of nitrogens with zero attached hydrogens (tertiary/aromatic N) is 1. The van der Waals surface area contributed by atoms with E-state index in [1.807, 2.05) is 0 Å². The molecule has 0 aromatic heterocycles. The minimum atomic E-state index is -4.83. The molecule has 0 fully saturated rings. The highest BCUT2D eigenvalue weighted by Gasteiger charge is 2.36. The smallest absolute Gasteiger partial charge is 0.417 e. The molecule has 1 heterocycles. The van der Waals surface area contributed by atoms with Gasteiger partial charge in [0, 0.05) is 11.8 Å². The molecule has 0 saturated carbocycles. The van der Waals surface area contributed by atoms with Gasteiger partial charge in [-0.25, -0.2) is 4.79 Å². The van der Waals surface area contributed by atoms with Crippen molar-refractivity contribution in [3.05, 3.63) is 41.1 Å². The Bertz CT molecular complexity index is 758. The van der Waals surface area contributed by atoms with Gasteiger partial charge in [0.2, 0.25) is 0 Å². The summed E-state index contributed by atoms with van der Waals surface area (Å²) in [7, 11) is 0.956. The van der Waals surface area contributed by atoms with E-state index < -0.39 is 41.7 Å². The molecule has 0 unspecified atom stereocenters. The zero-order chi connectivity index (χ0) is 18.8. The molecule has 0 spiro atoms. The van der Waals surface area contributed by atoms with Crippen LogP contribution in [0.4, 0.5) is 18.9 Å². The number of benzene rings is 1. The molecule has 2 N–H and O–H groups in total. The van der Waals surface area contributed by atoms with Crippen molar-refractivity contribution in [1.29, 1.82) is 0 Å². The van der Waals surface area contributed by atoms with E-state index in [1.165, 1.54) is 0 Å². The minimum Gasteiger partial charge on any atom is -0.465 e. The van der Waals surface area contributed by atoms with E-state index in [1.54, 1.807) is 0 Å². The van der Waals surface area contributed by atoms with E-state index >= 15 is 0 Å². The maximum absolute atomic E-state index is 13.1. The molecule has 1 aromatic carbocycles. The standard InChI is InChI=1S/C15H13F3N2O5/c1-25-14(24)9-3-2-8(6-10(9)15(16,17)18)19-11-7-12(22)20(4-5-21)13(11)23/h2-3,6-7,19,21H,4-5H2,1H3. The molecule has 0 radical (unpaired) electrons. The molecule has 134 valence electrons. The fraction of sp³-hybridized carbons (Fsp3) is 0.267. The van der Waals surface area contributed by atoms with Crippen molar-refractivity contribution in [2.45, 2.75) is 6.18 Å². The molecule has 1 aliphatic heterocycles. The normalized spacial score (nSPS) is 14.6. The molecule has 0 aliphatic carbocycles. The van der Waals surface area contributed by atoms with E-state index in [0.29, 0.717) is 6.07 Å². The third-order valence-electron chi connectivity index (χ3n) is 3.34. The maximum Gasteiger partial charge on any atom is 0.417 e. The Labute approximate surface area is 139 Å². The van der Waals surface area contributed by atoms with Crippen LogP contribution in [0.5, 0.6) is 0 Å². The molecule has 1 aromatic rings. The highest BCUT2D eigenvalue weighted by Crippen LogP contribution is 2.34. The summed E-state index contributed by atoms with van der Waals surface area (Å²) in [4.78, 5) is 35.8. The van der Waals surface area contributed by atoms with Gasteiger partial charge in [0.1, 0.15) is 5.70 Å². The summed E-state index contributed by atoms with van der Waals surface area (Å²) in [6.45, 7) is -0.668. The number of nitrogens with one attached hydrogen (secondary N) is 1. The van der Waals surface area contributed by atoms with Gasteiger partial charge in [-0.15, -0.1) is 0 Å². The first-order valence-corrected chi connectivity index (χ1v) is 6.94. The number of amides is 2. The molecular weight excluding hydrogens is 345 g/mol. The summed E-state index contributed by atoms with van der Waals surface area (Å²) in [5.74, 6) is -2.62. The van der Waals surface area contributed by atoms with Crippen LogP contribution < -0.4 is 5.32 Å². The lowest BCUT2D eigenvalue weighted by atomic mass is 10.1. The SMILES string of the molecule is COC(=O)c1ccc(NC2=CC(=O)N(CCO)C2=O)cc1C(F)(F)F. The van der Waals surface area contributed by atoms with Crippen molar-refractivity contribution >= 4 is 23.5 Å². The van der Waals surface area contributed by atoms with Crippen LogP contribution in [0.25, 0.3) is 0 Å². The number of carbonyl (C=O) groups excluding carboxylic acids is 3. The average Bonchev–Trinajstić information content (AvgIpc) is 2.81. The molecule has 0 atom stereocenters. The third kappa shape index (κ3) is 3.79. The van der Waals surface area contributed by atoms with Crippen molar-refractivity contribution < 1.29 is 37.4 Å². The Balaban J connectivity index is 2.33. The third-order valence-corrected chi connectivity index (χ3v) is 3.34. The molecule has 2 amide bonds. The van der Waals surface area contributed by atoms with E-state index in [-0.39, 0.29) is 17.9 Å². The van der Waals surface area contributed by atoms with Gasteiger partial charge in [-0.1, -0.05) is 0 Å². The van der Waals surface area contributed by atoms with Crippen LogP contribution in [0.1, 0.15) is 15.9 Å². The fourth-order valence-electron chi connectivity index (χ4n) is 2.21. The first-order chi connectivity index (χ1) is 11.7. The number of hydrogen-bond acceptors (Lipinski definition) is 6. The predicted octanol–water partition coefficient (Wildman–Crippen LogP) is 1.15. The lowest BCUT2D eigenvalue weighted by Crippen LogP contribution is -2.34. The lowest BCUT2D eigenvalue weighted by molar-refractivity contribution is -0.138. The Morgan fingerprint density at radius 2 is 2.00 bits per heavy atom. The Morgan fingerprint density at radius 1 is 1.32 bits per heavy atom. The van der Waals surface area contributed by atoms with E-state index in [9.17, 15) is 27.6 Å². The second-order valence-electron chi connectivity index (χ2n) is 4.95. The van der Waals surface area contributed by atoms with Crippen molar-refractivity contribution in [2.75, 3.05) is 25.6 Å².